The number of hydrogen-bond donors (Lipinski definition) is 1. The maximum absolute atomic E-state index is 12.6. The Labute approximate surface area is 120 Å². The molecule has 1 amide bonds. The predicted molar refractivity (Wildman–Crippen MR) is 81.2 cm³/mol. The van der Waals surface area contributed by atoms with Crippen molar-refractivity contribution in [3.8, 4) is 5.75 Å². The largest absolute Gasteiger partial charge is 0.476 e. The number of nitrogens with two attached hydrogens (primary N) is 1. The number of benzene rings is 1. The highest BCUT2D eigenvalue weighted by Crippen LogP contribution is 2.40. The highest BCUT2D eigenvalue weighted by atomic mass is 16.5. The average molecular weight is 276 g/mol. The Balaban J connectivity index is 2.57. The summed E-state index contributed by atoms with van der Waals surface area (Å²) in [6.07, 6.45) is 0. The smallest absolute Gasteiger partial charge is 0.270 e. The Morgan fingerprint density at radius 2 is 1.95 bits per heavy atom. The molecule has 20 heavy (non-hydrogen) atoms. The van der Waals surface area contributed by atoms with Gasteiger partial charge in [0.25, 0.3) is 5.91 Å². The Hall–Kier alpha value is -1.55. The van der Waals surface area contributed by atoms with E-state index in [1.54, 1.807) is 18.7 Å². The van der Waals surface area contributed by atoms with E-state index < -0.39 is 5.60 Å². The lowest BCUT2D eigenvalue weighted by Gasteiger charge is -2.41. The van der Waals surface area contributed by atoms with Gasteiger partial charge in [-0.3, -0.25) is 4.79 Å². The minimum atomic E-state index is -0.851. The second-order valence-electron chi connectivity index (χ2n) is 6.25. The molecular weight excluding hydrogens is 252 g/mol. The van der Waals surface area contributed by atoms with Gasteiger partial charge >= 0.3 is 0 Å². The van der Waals surface area contributed by atoms with Gasteiger partial charge in [-0.2, -0.15) is 0 Å². The minimum absolute atomic E-state index is 0.0381. The van der Waals surface area contributed by atoms with Crippen LogP contribution in [0.3, 0.4) is 0 Å². The molecule has 1 heterocycles. The Morgan fingerprint density at radius 3 is 2.50 bits per heavy atom. The first-order valence-electron chi connectivity index (χ1n) is 7.14. The summed E-state index contributed by atoms with van der Waals surface area (Å²) in [5.74, 6) is 1.11. The number of carbonyl (C=O) groups excluding carboxylic acids is 1. The van der Waals surface area contributed by atoms with Crippen molar-refractivity contribution >= 4 is 11.6 Å². The van der Waals surface area contributed by atoms with E-state index in [4.69, 9.17) is 10.5 Å². The molecule has 110 valence electrons. The van der Waals surface area contributed by atoms with Crippen molar-refractivity contribution in [1.29, 1.82) is 0 Å². The molecule has 0 saturated carbocycles. The number of anilines is 1. The summed E-state index contributed by atoms with van der Waals surface area (Å²) in [6.45, 7) is 10.2. The quantitative estimate of drug-likeness (QED) is 0.923. The van der Waals surface area contributed by atoms with Crippen molar-refractivity contribution in [3.05, 3.63) is 23.8 Å². The van der Waals surface area contributed by atoms with Crippen LogP contribution in [0.15, 0.2) is 18.2 Å². The van der Waals surface area contributed by atoms with Crippen molar-refractivity contribution in [2.24, 2.45) is 5.73 Å². The van der Waals surface area contributed by atoms with Gasteiger partial charge in [0, 0.05) is 12.6 Å². The van der Waals surface area contributed by atoms with Gasteiger partial charge in [0.1, 0.15) is 5.75 Å². The van der Waals surface area contributed by atoms with Crippen LogP contribution in [-0.2, 0) is 4.79 Å². The second-order valence-corrected chi connectivity index (χ2v) is 6.25. The van der Waals surface area contributed by atoms with Crippen LogP contribution in [0.4, 0.5) is 5.69 Å². The predicted octanol–water partition coefficient (Wildman–Crippen LogP) is 2.66. The number of carbonyl (C=O) groups is 1. The van der Waals surface area contributed by atoms with Crippen LogP contribution in [0.2, 0.25) is 0 Å². The number of ether oxygens (including phenoxy) is 1. The minimum Gasteiger partial charge on any atom is -0.476 e. The van der Waals surface area contributed by atoms with E-state index in [2.05, 4.69) is 19.9 Å². The van der Waals surface area contributed by atoms with E-state index in [9.17, 15) is 4.79 Å². The van der Waals surface area contributed by atoms with E-state index in [-0.39, 0.29) is 11.9 Å². The van der Waals surface area contributed by atoms with Crippen LogP contribution < -0.4 is 15.4 Å². The molecular formula is C16H24N2O2. The summed E-state index contributed by atoms with van der Waals surface area (Å²) < 4.78 is 5.86. The maximum atomic E-state index is 12.6. The molecule has 0 bridgehead atoms. The maximum Gasteiger partial charge on any atom is 0.270 e. The zero-order valence-electron chi connectivity index (χ0n) is 12.9. The first-order valence-corrected chi connectivity index (χ1v) is 7.14. The average Bonchev–Trinajstić information content (AvgIpc) is 2.38. The molecule has 4 nitrogen and oxygen atoms in total. The van der Waals surface area contributed by atoms with Crippen molar-refractivity contribution in [2.75, 3.05) is 11.4 Å². The molecule has 1 unspecified atom stereocenters. The molecule has 1 aliphatic rings. The van der Waals surface area contributed by atoms with E-state index in [0.717, 1.165) is 11.4 Å². The Bertz CT molecular complexity index is 523. The molecule has 1 aromatic rings. The molecule has 0 aliphatic carbocycles. The van der Waals surface area contributed by atoms with Crippen molar-refractivity contribution in [1.82, 2.24) is 0 Å². The van der Waals surface area contributed by atoms with E-state index in [1.165, 1.54) is 5.56 Å². The number of fused-ring (bicyclic) bond motifs is 1. The van der Waals surface area contributed by atoms with E-state index in [0.29, 0.717) is 12.5 Å². The number of amides is 1. The van der Waals surface area contributed by atoms with E-state index in [1.807, 2.05) is 19.1 Å². The number of hydrogen-bond acceptors (Lipinski definition) is 3. The van der Waals surface area contributed by atoms with Gasteiger partial charge in [-0.05, 0) is 44.4 Å². The third-order valence-corrected chi connectivity index (χ3v) is 3.79. The highest BCUT2D eigenvalue weighted by Gasteiger charge is 2.42. The SMILES string of the molecule is CC(C)c1ccc2c(c1)N(C(C)CN)C(=O)C(C)(C)O2. The van der Waals surface area contributed by atoms with Gasteiger partial charge in [0.2, 0.25) is 0 Å². The monoisotopic (exact) mass is 276 g/mol. The number of nitrogens with zero attached hydrogens (tertiary/aromatic N) is 1. The molecule has 0 fully saturated rings. The molecule has 0 saturated heterocycles. The fourth-order valence-corrected chi connectivity index (χ4v) is 2.43. The zero-order valence-corrected chi connectivity index (χ0v) is 12.9. The fraction of sp³-hybridized carbons (Fsp3) is 0.562. The van der Waals surface area contributed by atoms with Gasteiger partial charge in [-0.25, -0.2) is 0 Å². The van der Waals surface area contributed by atoms with Crippen molar-refractivity contribution in [3.63, 3.8) is 0 Å². The normalized spacial score (nSPS) is 18.8. The molecule has 1 atom stereocenters. The highest BCUT2D eigenvalue weighted by molar-refractivity contribution is 6.02. The van der Waals surface area contributed by atoms with Crippen LogP contribution in [0.25, 0.3) is 0 Å². The van der Waals surface area contributed by atoms with Gasteiger partial charge < -0.3 is 15.4 Å². The van der Waals surface area contributed by atoms with Crippen LogP contribution in [-0.4, -0.2) is 24.1 Å². The molecule has 1 aromatic carbocycles. The van der Waals surface area contributed by atoms with Crippen molar-refractivity contribution < 1.29 is 9.53 Å². The fourth-order valence-electron chi connectivity index (χ4n) is 2.43. The van der Waals surface area contributed by atoms with Crippen LogP contribution in [0.5, 0.6) is 5.75 Å². The van der Waals surface area contributed by atoms with Crippen LogP contribution in [0.1, 0.15) is 46.1 Å². The summed E-state index contributed by atoms with van der Waals surface area (Å²) in [5.41, 5.74) is 6.94. The first kappa shape index (κ1) is 14.9. The zero-order chi connectivity index (χ0) is 15.1. The molecule has 0 radical (unpaired) electrons. The number of rotatable bonds is 3. The molecule has 4 heteroatoms. The van der Waals surface area contributed by atoms with Gasteiger partial charge in [-0.1, -0.05) is 19.9 Å². The van der Waals surface area contributed by atoms with E-state index >= 15 is 0 Å². The van der Waals surface area contributed by atoms with Crippen LogP contribution >= 0.6 is 0 Å². The van der Waals surface area contributed by atoms with Crippen LogP contribution in [0, 0.1) is 0 Å². The lowest BCUT2D eigenvalue weighted by molar-refractivity contribution is -0.133. The van der Waals surface area contributed by atoms with Crippen molar-refractivity contribution in [2.45, 2.75) is 52.2 Å². The summed E-state index contributed by atoms with van der Waals surface area (Å²) >= 11 is 0. The Morgan fingerprint density at radius 1 is 1.30 bits per heavy atom. The summed E-state index contributed by atoms with van der Waals surface area (Å²) in [4.78, 5) is 14.4. The van der Waals surface area contributed by atoms with Gasteiger partial charge in [0.15, 0.2) is 5.60 Å². The molecule has 0 aromatic heterocycles. The summed E-state index contributed by atoms with van der Waals surface area (Å²) in [7, 11) is 0. The first-order chi connectivity index (χ1) is 9.27. The third-order valence-electron chi connectivity index (χ3n) is 3.79. The summed E-state index contributed by atoms with van der Waals surface area (Å²) in [5, 5.41) is 0. The summed E-state index contributed by atoms with van der Waals surface area (Å²) in [6, 6.07) is 6.00. The lowest BCUT2D eigenvalue weighted by Crippen LogP contribution is -2.56. The molecule has 2 rings (SSSR count). The molecule has 2 N–H and O–H groups in total. The van der Waals surface area contributed by atoms with Gasteiger partial charge in [0.05, 0.1) is 5.69 Å². The molecule has 1 aliphatic heterocycles. The Kier molecular flexibility index (Phi) is 3.78. The lowest BCUT2D eigenvalue weighted by atomic mass is 9.97. The molecule has 0 spiro atoms. The topological polar surface area (TPSA) is 55.6 Å². The standard InChI is InChI=1S/C16H24N2O2/c1-10(2)12-6-7-14-13(8-12)18(11(3)9-17)15(19)16(4,5)20-14/h6-8,10-11H,9,17H2,1-5H3. The third kappa shape index (κ3) is 2.40. The second kappa shape index (κ2) is 5.09. The van der Waals surface area contributed by atoms with Gasteiger partial charge in [-0.15, -0.1) is 0 Å².